The lowest BCUT2D eigenvalue weighted by molar-refractivity contribution is -0.384. The van der Waals surface area contributed by atoms with Crippen molar-refractivity contribution in [3.63, 3.8) is 0 Å². The molecule has 0 atom stereocenters. The fourth-order valence-electron chi connectivity index (χ4n) is 4.17. The third-order valence-electron chi connectivity index (χ3n) is 5.96. The van der Waals surface area contributed by atoms with E-state index in [0.29, 0.717) is 5.56 Å². The van der Waals surface area contributed by atoms with Gasteiger partial charge in [-0.2, -0.15) is 5.10 Å². The number of carbonyl (C=O) groups excluding carboxylic acids is 1. The topological polar surface area (TPSA) is 110 Å². The summed E-state index contributed by atoms with van der Waals surface area (Å²) in [6.45, 7) is 0. The number of non-ortho nitro benzene ring substituents is 1. The summed E-state index contributed by atoms with van der Waals surface area (Å²) >= 11 is 0. The standard InChI is InChI=1S/C30H22N4O4/c35-27-17-11-23(12-18-27)30(36)32-31-20-24-19-28(21-7-3-1-4-8-21)33(29(24)22-9-5-2-6-10-22)25-13-15-26(16-14-25)34(37)38/h1-20,35H,(H,32,36)/b31-20-. The summed E-state index contributed by atoms with van der Waals surface area (Å²) in [7, 11) is 0. The van der Waals surface area contributed by atoms with Gasteiger partial charge in [0.2, 0.25) is 0 Å². The number of benzene rings is 4. The van der Waals surface area contributed by atoms with Crippen molar-refractivity contribution in [3.8, 4) is 34.0 Å². The van der Waals surface area contributed by atoms with Crippen molar-refractivity contribution in [1.82, 2.24) is 9.99 Å². The molecular formula is C30H22N4O4. The van der Waals surface area contributed by atoms with Gasteiger partial charge < -0.3 is 9.67 Å². The number of nitro benzene ring substituents is 1. The van der Waals surface area contributed by atoms with E-state index in [4.69, 9.17) is 0 Å². The second kappa shape index (κ2) is 10.6. The van der Waals surface area contributed by atoms with Crippen molar-refractivity contribution in [2.75, 3.05) is 0 Å². The Bertz CT molecular complexity index is 1610. The first-order valence-electron chi connectivity index (χ1n) is 11.7. The number of nitro groups is 1. The fourth-order valence-corrected chi connectivity index (χ4v) is 4.17. The Labute approximate surface area is 218 Å². The first kappa shape index (κ1) is 24.2. The van der Waals surface area contributed by atoms with E-state index in [9.17, 15) is 20.0 Å². The van der Waals surface area contributed by atoms with Crippen LogP contribution in [0.15, 0.2) is 120 Å². The van der Waals surface area contributed by atoms with Crippen LogP contribution in [0.4, 0.5) is 5.69 Å². The van der Waals surface area contributed by atoms with Crippen molar-refractivity contribution in [2.45, 2.75) is 0 Å². The van der Waals surface area contributed by atoms with E-state index < -0.39 is 10.8 Å². The van der Waals surface area contributed by atoms with Gasteiger partial charge in [0.05, 0.1) is 22.5 Å². The van der Waals surface area contributed by atoms with E-state index in [-0.39, 0.29) is 11.4 Å². The molecule has 8 nitrogen and oxygen atoms in total. The molecule has 38 heavy (non-hydrogen) atoms. The predicted octanol–water partition coefficient (Wildman–Crippen LogP) is 6.19. The highest BCUT2D eigenvalue weighted by molar-refractivity contribution is 5.97. The number of hydrogen-bond donors (Lipinski definition) is 2. The summed E-state index contributed by atoms with van der Waals surface area (Å²) in [6.07, 6.45) is 1.58. The van der Waals surface area contributed by atoms with E-state index >= 15 is 0 Å². The number of carbonyl (C=O) groups is 1. The number of hydrogen-bond acceptors (Lipinski definition) is 5. The van der Waals surface area contributed by atoms with Crippen LogP contribution in [-0.2, 0) is 0 Å². The van der Waals surface area contributed by atoms with E-state index in [1.54, 1.807) is 18.3 Å². The molecule has 2 N–H and O–H groups in total. The molecule has 5 rings (SSSR count). The zero-order chi connectivity index (χ0) is 26.5. The highest BCUT2D eigenvalue weighted by Crippen LogP contribution is 2.35. The lowest BCUT2D eigenvalue weighted by Crippen LogP contribution is -2.17. The Morgan fingerprint density at radius 3 is 2.05 bits per heavy atom. The number of amides is 1. The van der Waals surface area contributed by atoms with Gasteiger partial charge in [-0.05, 0) is 53.6 Å². The number of aromatic hydroxyl groups is 1. The second-order valence-corrected chi connectivity index (χ2v) is 8.42. The molecule has 186 valence electrons. The van der Waals surface area contributed by atoms with Gasteiger partial charge >= 0.3 is 0 Å². The molecule has 0 aliphatic heterocycles. The lowest BCUT2D eigenvalue weighted by atomic mass is 10.1. The van der Waals surface area contributed by atoms with Crippen LogP contribution in [0.2, 0.25) is 0 Å². The SMILES string of the molecule is O=C(N/N=C\c1cc(-c2ccccc2)n(-c2ccc([N+](=O)[O-])cc2)c1-c1ccccc1)c1ccc(O)cc1. The normalized spacial score (nSPS) is 10.9. The first-order valence-corrected chi connectivity index (χ1v) is 11.7. The monoisotopic (exact) mass is 502 g/mol. The largest absolute Gasteiger partial charge is 0.508 e. The molecule has 0 unspecified atom stereocenters. The van der Waals surface area contributed by atoms with Crippen LogP contribution < -0.4 is 5.43 Å². The molecule has 1 amide bonds. The maximum Gasteiger partial charge on any atom is 0.271 e. The number of rotatable bonds is 7. The Balaban J connectivity index is 1.63. The number of nitrogens with zero attached hydrogens (tertiary/aromatic N) is 3. The van der Waals surface area contributed by atoms with Crippen molar-refractivity contribution < 1.29 is 14.8 Å². The lowest BCUT2D eigenvalue weighted by Gasteiger charge is -2.15. The molecule has 0 bridgehead atoms. The Kier molecular flexibility index (Phi) is 6.77. The number of phenolic OH excluding ortho intramolecular Hbond substituents is 1. The van der Waals surface area contributed by atoms with Gasteiger partial charge in [0.1, 0.15) is 5.75 Å². The minimum atomic E-state index is -0.426. The van der Waals surface area contributed by atoms with E-state index in [0.717, 1.165) is 33.8 Å². The number of nitrogens with one attached hydrogen (secondary N) is 1. The summed E-state index contributed by atoms with van der Waals surface area (Å²) in [5, 5.41) is 24.9. The van der Waals surface area contributed by atoms with E-state index in [1.807, 2.05) is 71.3 Å². The van der Waals surface area contributed by atoms with Crippen LogP contribution in [0.1, 0.15) is 15.9 Å². The van der Waals surface area contributed by atoms with E-state index in [2.05, 4.69) is 10.5 Å². The molecule has 0 fully saturated rings. The van der Waals surface area contributed by atoms with Crippen molar-refractivity contribution in [3.05, 3.63) is 137 Å². The van der Waals surface area contributed by atoms with Crippen LogP contribution in [-0.4, -0.2) is 26.7 Å². The average Bonchev–Trinajstić information content (AvgIpc) is 3.33. The molecule has 1 aromatic heterocycles. The van der Waals surface area contributed by atoms with Crippen molar-refractivity contribution in [2.24, 2.45) is 5.10 Å². The summed E-state index contributed by atoms with van der Waals surface area (Å²) in [4.78, 5) is 23.4. The summed E-state index contributed by atoms with van der Waals surface area (Å²) in [6, 6.07) is 33.7. The number of aromatic nitrogens is 1. The molecule has 0 spiro atoms. The van der Waals surface area contributed by atoms with Crippen LogP contribution >= 0.6 is 0 Å². The third kappa shape index (κ3) is 5.05. The zero-order valence-corrected chi connectivity index (χ0v) is 20.1. The van der Waals surface area contributed by atoms with Crippen molar-refractivity contribution in [1.29, 1.82) is 0 Å². The third-order valence-corrected chi connectivity index (χ3v) is 5.96. The van der Waals surface area contributed by atoms with Gasteiger partial charge in [-0.15, -0.1) is 0 Å². The molecule has 0 saturated heterocycles. The highest BCUT2D eigenvalue weighted by Gasteiger charge is 2.19. The van der Waals surface area contributed by atoms with Gasteiger partial charge in [0, 0.05) is 28.9 Å². The van der Waals surface area contributed by atoms with E-state index in [1.165, 1.54) is 36.4 Å². The quantitative estimate of drug-likeness (QED) is 0.157. The number of phenols is 1. The zero-order valence-electron chi connectivity index (χ0n) is 20.1. The number of hydrazone groups is 1. The summed E-state index contributed by atoms with van der Waals surface area (Å²) < 4.78 is 2.03. The molecule has 0 saturated carbocycles. The maximum atomic E-state index is 12.5. The van der Waals surface area contributed by atoms with Crippen LogP contribution in [0, 0.1) is 10.1 Å². The molecule has 5 aromatic rings. The average molecular weight is 503 g/mol. The maximum absolute atomic E-state index is 12.5. The Morgan fingerprint density at radius 1 is 0.842 bits per heavy atom. The smallest absolute Gasteiger partial charge is 0.271 e. The van der Waals surface area contributed by atoms with Gasteiger partial charge in [-0.1, -0.05) is 60.7 Å². The van der Waals surface area contributed by atoms with Crippen LogP contribution in [0.3, 0.4) is 0 Å². The minimum Gasteiger partial charge on any atom is -0.508 e. The van der Waals surface area contributed by atoms with Gasteiger partial charge in [0.15, 0.2) is 0 Å². The molecule has 8 heteroatoms. The van der Waals surface area contributed by atoms with Crippen molar-refractivity contribution >= 4 is 17.8 Å². The minimum absolute atomic E-state index is 0.00200. The predicted molar refractivity (Wildman–Crippen MR) is 146 cm³/mol. The molecule has 1 heterocycles. The second-order valence-electron chi connectivity index (χ2n) is 8.42. The molecule has 0 aliphatic carbocycles. The fraction of sp³-hybridized carbons (Fsp3) is 0. The molecule has 4 aromatic carbocycles. The Morgan fingerprint density at radius 2 is 1.45 bits per heavy atom. The van der Waals surface area contributed by atoms with Gasteiger partial charge in [-0.25, -0.2) is 5.43 Å². The summed E-state index contributed by atoms with van der Waals surface area (Å²) in [5.74, 6) is -0.348. The molecule has 0 radical (unpaired) electrons. The Hall–Kier alpha value is -5.50. The molecular weight excluding hydrogens is 480 g/mol. The summed E-state index contributed by atoms with van der Waals surface area (Å²) in [5.41, 5.74) is 7.87. The molecule has 0 aliphatic rings. The highest BCUT2D eigenvalue weighted by atomic mass is 16.6. The van der Waals surface area contributed by atoms with Crippen LogP contribution in [0.5, 0.6) is 5.75 Å². The van der Waals surface area contributed by atoms with Crippen LogP contribution in [0.25, 0.3) is 28.2 Å². The van der Waals surface area contributed by atoms with Gasteiger partial charge in [0.25, 0.3) is 11.6 Å². The first-order chi connectivity index (χ1) is 18.5. The van der Waals surface area contributed by atoms with Gasteiger partial charge in [-0.3, -0.25) is 14.9 Å².